The summed E-state index contributed by atoms with van der Waals surface area (Å²) in [5.74, 6) is -0.187. The summed E-state index contributed by atoms with van der Waals surface area (Å²) in [5.41, 5.74) is 8.67. The lowest BCUT2D eigenvalue weighted by Gasteiger charge is -2.41. The van der Waals surface area contributed by atoms with E-state index < -0.39 is 0 Å². The predicted octanol–water partition coefficient (Wildman–Crippen LogP) is 6.38. The number of hydrogen-bond acceptors (Lipinski definition) is 4. The average molecular weight is 531 g/mol. The summed E-state index contributed by atoms with van der Waals surface area (Å²) in [6.45, 7) is 5.37. The zero-order valence-electron chi connectivity index (χ0n) is 22.7. The highest BCUT2D eigenvalue weighted by Crippen LogP contribution is 2.40. The Bertz CT molecular complexity index is 1630. The van der Waals surface area contributed by atoms with Crippen LogP contribution in [0.1, 0.15) is 38.3 Å². The van der Waals surface area contributed by atoms with Crippen molar-refractivity contribution in [2.45, 2.75) is 20.3 Å². The maximum Gasteiger partial charge on any atom is 0.356 e. The lowest BCUT2D eigenvalue weighted by atomic mass is 9.97. The summed E-state index contributed by atoms with van der Waals surface area (Å²) >= 11 is 0. The molecule has 3 aromatic rings. The van der Waals surface area contributed by atoms with E-state index in [0.717, 1.165) is 40.1 Å². The molecule has 1 aliphatic carbocycles. The lowest BCUT2D eigenvalue weighted by Crippen LogP contribution is -2.56. The smallest absolute Gasteiger partial charge is 0.356 e. The van der Waals surface area contributed by atoms with Gasteiger partial charge in [0.15, 0.2) is 11.4 Å². The molecule has 1 saturated heterocycles. The van der Waals surface area contributed by atoms with Crippen LogP contribution in [0.5, 0.6) is 0 Å². The molecule has 6 heteroatoms. The second-order valence-corrected chi connectivity index (χ2v) is 10.4. The van der Waals surface area contributed by atoms with Crippen LogP contribution >= 0.6 is 0 Å². The average Bonchev–Trinajstić information content (AvgIpc) is 3.15. The number of benzene rings is 3. The molecule has 0 radical (unpaired) electrons. The Hall–Kier alpha value is -4.52. The van der Waals surface area contributed by atoms with Crippen LogP contribution in [0.25, 0.3) is 11.1 Å². The van der Waals surface area contributed by atoms with Gasteiger partial charge in [0.2, 0.25) is 0 Å². The molecule has 6 nitrogen and oxygen atoms in total. The van der Waals surface area contributed by atoms with Gasteiger partial charge in [-0.25, -0.2) is 4.79 Å². The Balaban J connectivity index is 1.31. The number of allylic oxidation sites excluding steroid dienone is 4. The highest BCUT2D eigenvalue weighted by Gasteiger charge is 2.50. The van der Waals surface area contributed by atoms with Gasteiger partial charge in [0, 0.05) is 29.1 Å². The van der Waals surface area contributed by atoms with E-state index in [0.29, 0.717) is 36.6 Å². The van der Waals surface area contributed by atoms with E-state index in [1.807, 2.05) is 99.1 Å². The molecule has 2 amide bonds. The van der Waals surface area contributed by atoms with Crippen LogP contribution in [0.4, 0.5) is 5.69 Å². The Kier molecular flexibility index (Phi) is 6.80. The molecule has 40 heavy (non-hydrogen) atoms. The van der Waals surface area contributed by atoms with E-state index in [9.17, 15) is 9.59 Å². The van der Waals surface area contributed by atoms with Crippen molar-refractivity contribution in [3.8, 4) is 11.1 Å². The number of fused-ring (bicyclic) bond motifs is 3. The monoisotopic (exact) mass is 530 g/mol. The number of quaternary nitrogens is 1. The first kappa shape index (κ1) is 25.7. The molecule has 3 aliphatic rings. The third-order valence-corrected chi connectivity index (χ3v) is 7.88. The topological polar surface area (TPSA) is 67.4 Å². The minimum atomic E-state index is -0.192. The first-order chi connectivity index (χ1) is 19.5. The van der Waals surface area contributed by atoms with Gasteiger partial charge in [-0.05, 0) is 61.2 Å². The first-order valence-corrected chi connectivity index (χ1v) is 13.6. The fourth-order valence-electron chi connectivity index (χ4n) is 5.76. The maximum atomic E-state index is 14.4. The Morgan fingerprint density at radius 1 is 0.950 bits per heavy atom. The highest BCUT2D eigenvalue weighted by molar-refractivity contribution is 6.09. The van der Waals surface area contributed by atoms with Gasteiger partial charge in [-0.2, -0.15) is 4.48 Å². The van der Waals surface area contributed by atoms with Gasteiger partial charge in [-0.3, -0.25) is 4.79 Å². The minimum Gasteiger partial charge on any atom is -0.365 e. The van der Waals surface area contributed by atoms with Gasteiger partial charge in [-0.1, -0.05) is 60.2 Å². The third kappa shape index (κ3) is 4.51. The lowest BCUT2D eigenvalue weighted by molar-refractivity contribution is -0.779. The number of ether oxygens (including phenoxy) is 1. The fraction of sp³-hybridized carbons (Fsp3) is 0.176. The normalized spacial score (nSPS) is 19.6. The number of carbonyl (C=O) groups excluding carboxylic acids is 2. The maximum absolute atomic E-state index is 14.4. The molecule has 2 N–H and O–H groups in total. The second kappa shape index (κ2) is 10.6. The largest absolute Gasteiger partial charge is 0.365 e. The number of nitrogens with zero attached hydrogens (tertiary/aromatic N) is 1. The van der Waals surface area contributed by atoms with Crippen LogP contribution in [-0.4, -0.2) is 36.1 Å². The van der Waals surface area contributed by atoms with Crippen molar-refractivity contribution in [2.24, 2.45) is 0 Å². The zero-order valence-corrected chi connectivity index (χ0v) is 22.7. The number of hydrogen-bond donors (Lipinski definition) is 2. The molecule has 200 valence electrons. The van der Waals surface area contributed by atoms with Crippen molar-refractivity contribution in [2.75, 3.05) is 25.1 Å². The van der Waals surface area contributed by atoms with Gasteiger partial charge in [-0.15, -0.1) is 0 Å². The predicted molar refractivity (Wildman–Crippen MR) is 157 cm³/mol. The molecule has 1 unspecified atom stereocenters. The number of morpholine rings is 1. The molecule has 2 heterocycles. The van der Waals surface area contributed by atoms with E-state index in [2.05, 4.69) is 22.8 Å². The summed E-state index contributed by atoms with van der Waals surface area (Å²) in [7, 11) is 0. The van der Waals surface area contributed by atoms with Crippen molar-refractivity contribution in [3.05, 3.63) is 137 Å². The van der Waals surface area contributed by atoms with E-state index in [4.69, 9.17) is 4.74 Å². The minimum absolute atomic E-state index is 0.00536. The first-order valence-electron chi connectivity index (χ1n) is 13.6. The van der Waals surface area contributed by atoms with Crippen LogP contribution in [0.2, 0.25) is 0 Å². The van der Waals surface area contributed by atoms with E-state index in [1.165, 1.54) is 5.56 Å². The third-order valence-electron chi connectivity index (χ3n) is 7.88. The van der Waals surface area contributed by atoms with Gasteiger partial charge >= 0.3 is 5.91 Å². The Morgan fingerprint density at radius 2 is 1.77 bits per heavy atom. The van der Waals surface area contributed by atoms with Crippen molar-refractivity contribution in [3.63, 3.8) is 0 Å². The summed E-state index contributed by atoms with van der Waals surface area (Å²) in [6.07, 6.45) is 10.8. The standard InChI is InChI=1S/C34H31N3O3/c1-23-11-13-25(14-12-23)30-8-4-5-9-31(30)33(38)36-27-15-16-29(24(2)19-27)34(39)37-17-18-40-22-28(37)21-35-20-26-7-3-6-10-32(26)37/h3-6,8-16,19-21,35H,7,17-18,22H2,1-2H3/p+1. The van der Waals surface area contributed by atoms with E-state index >= 15 is 0 Å². The summed E-state index contributed by atoms with van der Waals surface area (Å²) < 4.78 is 5.89. The van der Waals surface area contributed by atoms with Crippen molar-refractivity contribution < 1.29 is 18.8 Å². The van der Waals surface area contributed by atoms with Gasteiger partial charge in [0.25, 0.3) is 5.91 Å². The molecule has 0 saturated carbocycles. The fourth-order valence-corrected chi connectivity index (χ4v) is 5.76. The van der Waals surface area contributed by atoms with Crippen LogP contribution in [0, 0.1) is 13.8 Å². The highest BCUT2D eigenvalue weighted by atomic mass is 16.5. The Morgan fingerprint density at radius 3 is 2.60 bits per heavy atom. The SMILES string of the molecule is Cc1ccc(-c2ccccc2C(=O)Nc2ccc(C(=O)[N+]34CCOCC3=CNC=C3CC=CC=C34)c(C)c2)cc1. The molecule has 1 fully saturated rings. The van der Waals surface area contributed by atoms with Crippen molar-refractivity contribution in [1.82, 2.24) is 5.32 Å². The van der Waals surface area contributed by atoms with Gasteiger partial charge in [0.05, 0.1) is 18.4 Å². The van der Waals surface area contributed by atoms with Crippen molar-refractivity contribution in [1.29, 1.82) is 0 Å². The molecular weight excluding hydrogens is 498 g/mol. The molecule has 6 rings (SSSR count). The second-order valence-electron chi connectivity index (χ2n) is 10.4. The number of aryl methyl sites for hydroxylation is 2. The number of anilines is 1. The van der Waals surface area contributed by atoms with Gasteiger partial charge in [0.1, 0.15) is 13.2 Å². The molecule has 0 spiro atoms. The number of nitrogens with one attached hydrogen (secondary N) is 2. The summed E-state index contributed by atoms with van der Waals surface area (Å²) in [5, 5.41) is 6.31. The molecule has 3 aromatic carbocycles. The van der Waals surface area contributed by atoms with Crippen LogP contribution in [-0.2, 0) is 4.74 Å². The number of carbonyl (C=O) groups is 2. The quantitative estimate of drug-likeness (QED) is 0.384. The molecule has 0 bridgehead atoms. The van der Waals surface area contributed by atoms with E-state index in [-0.39, 0.29) is 16.3 Å². The molecular formula is C34H32N3O3+. The van der Waals surface area contributed by atoms with Crippen molar-refractivity contribution >= 4 is 17.5 Å². The van der Waals surface area contributed by atoms with E-state index in [1.54, 1.807) is 0 Å². The number of rotatable bonds is 4. The molecule has 0 aromatic heterocycles. The zero-order chi connectivity index (χ0) is 27.7. The Labute approximate surface area is 234 Å². The summed E-state index contributed by atoms with van der Waals surface area (Å²) in [4.78, 5) is 27.8. The van der Waals surface area contributed by atoms with Crippen LogP contribution in [0.15, 0.2) is 114 Å². The molecule has 2 aliphatic heterocycles. The summed E-state index contributed by atoms with van der Waals surface area (Å²) in [6, 6.07) is 21.3. The molecule has 1 atom stereocenters. The van der Waals surface area contributed by atoms with Gasteiger partial charge < -0.3 is 15.4 Å². The number of amides is 2. The van der Waals surface area contributed by atoms with Crippen LogP contribution < -0.4 is 10.6 Å². The van der Waals surface area contributed by atoms with Crippen LogP contribution in [0.3, 0.4) is 0 Å².